The Labute approximate surface area is 226 Å². The molecule has 1 saturated heterocycles. The van der Waals surface area contributed by atoms with Gasteiger partial charge in [-0.05, 0) is 57.0 Å². The van der Waals surface area contributed by atoms with Gasteiger partial charge in [-0.2, -0.15) is 4.98 Å². The molecule has 0 spiro atoms. The summed E-state index contributed by atoms with van der Waals surface area (Å²) in [6.45, 7) is 12.1. The van der Waals surface area contributed by atoms with Crippen LogP contribution in [0.2, 0.25) is 0 Å². The number of piperazine rings is 1. The largest absolute Gasteiger partial charge is 0.369 e. The van der Waals surface area contributed by atoms with Crippen molar-refractivity contribution in [3.05, 3.63) is 76.0 Å². The number of anilines is 3. The maximum atomic E-state index is 13.2. The summed E-state index contributed by atoms with van der Waals surface area (Å²) >= 11 is 0. The molecule has 0 radical (unpaired) electrons. The number of nitrogens with zero attached hydrogens (tertiary/aromatic N) is 8. The first-order valence-electron chi connectivity index (χ1n) is 13.5. The molecule has 2 aliphatic rings. The fourth-order valence-electron chi connectivity index (χ4n) is 5.18. The second-order valence-corrected chi connectivity index (χ2v) is 10.4. The Morgan fingerprint density at radius 2 is 1.79 bits per heavy atom. The zero-order valence-corrected chi connectivity index (χ0v) is 22.3. The summed E-state index contributed by atoms with van der Waals surface area (Å²) < 4.78 is 4.50. The van der Waals surface area contributed by atoms with Gasteiger partial charge < -0.3 is 10.2 Å². The second kappa shape index (κ2) is 10.1. The highest BCUT2D eigenvalue weighted by Gasteiger charge is 2.31. The molecule has 4 aromatic rings. The van der Waals surface area contributed by atoms with Gasteiger partial charge in [0.15, 0.2) is 11.5 Å². The number of benzene rings is 1. The van der Waals surface area contributed by atoms with Crippen LogP contribution in [0.5, 0.6) is 0 Å². The highest BCUT2D eigenvalue weighted by molar-refractivity contribution is 5.77. The summed E-state index contributed by atoms with van der Waals surface area (Å²) in [4.78, 5) is 39.7. The molecule has 202 valence electrons. The summed E-state index contributed by atoms with van der Waals surface area (Å²) in [7, 11) is 0. The van der Waals surface area contributed by atoms with E-state index in [1.54, 1.807) is 16.8 Å². The Kier molecular flexibility index (Phi) is 6.51. The number of fused-ring (bicyclic) bond motifs is 1. The molecule has 2 fully saturated rings. The number of hydrogen-bond acceptors (Lipinski definition) is 8. The zero-order chi connectivity index (χ0) is 27.1. The highest BCUT2D eigenvalue weighted by Crippen LogP contribution is 2.29. The van der Waals surface area contributed by atoms with Crippen LogP contribution >= 0.6 is 0 Å². The molecule has 4 heterocycles. The third-order valence-electron chi connectivity index (χ3n) is 7.36. The van der Waals surface area contributed by atoms with Gasteiger partial charge in [-0.3, -0.25) is 14.5 Å². The molecule has 6 rings (SSSR count). The summed E-state index contributed by atoms with van der Waals surface area (Å²) in [5.74, 6) is 0.767. The van der Waals surface area contributed by atoms with E-state index >= 15 is 0 Å². The van der Waals surface area contributed by atoms with Gasteiger partial charge >= 0.3 is 0 Å². The van der Waals surface area contributed by atoms with Crippen molar-refractivity contribution >= 4 is 28.4 Å². The van der Waals surface area contributed by atoms with Crippen molar-refractivity contribution < 1.29 is 0 Å². The van der Waals surface area contributed by atoms with Crippen molar-refractivity contribution in [3.63, 3.8) is 0 Å². The highest BCUT2D eigenvalue weighted by atomic mass is 16.1. The quantitative estimate of drug-likeness (QED) is 0.349. The molecular weight excluding hydrogens is 494 g/mol. The second-order valence-electron chi connectivity index (χ2n) is 10.4. The minimum atomic E-state index is -0.258. The van der Waals surface area contributed by atoms with E-state index in [2.05, 4.69) is 43.9 Å². The van der Waals surface area contributed by atoms with Crippen LogP contribution < -0.4 is 21.3 Å². The van der Waals surface area contributed by atoms with Crippen LogP contribution in [0, 0.1) is 0 Å². The third-order valence-corrected chi connectivity index (χ3v) is 7.36. The van der Waals surface area contributed by atoms with E-state index in [9.17, 15) is 9.59 Å². The molecule has 1 saturated carbocycles. The summed E-state index contributed by atoms with van der Waals surface area (Å²) in [5, 5.41) is 8.14. The smallest absolute Gasteiger partial charge is 0.278 e. The van der Waals surface area contributed by atoms with Crippen LogP contribution in [0.25, 0.3) is 16.9 Å². The Morgan fingerprint density at radius 1 is 1.05 bits per heavy atom. The predicted octanol–water partition coefficient (Wildman–Crippen LogP) is 2.93. The molecule has 11 nitrogen and oxygen atoms in total. The van der Waals surface area contributed by atoms with Gasteiger partial charge in [-0.15, -0.1) is 11.7 Å². The van der Waals surface area contributed by atoms with Gasteiger partial charge in [-0.1, -0.05) is 6.08 Å². The van der Waals surface area contributed by atoms with E-state index in [1.165, 1.54) is 40.2 Å². The molecule has 1 N–H and O–H groups in total. The lowest BCUT2D eigenvalue weighted by Gasteiger charge is -2.36. The number of hydrogen-bond donors (Lipinski definition) is 1. The van der Waals surface area contributed by atoms with E-state index in [-0.39, 0.29) is 23.7 Å². The fourth-order valence-corrected chi connectivity index (χ4v) is 5.18. The van der Waals surface area contributed by atoms with Gasteiger partial charge in [0.05, 0.1) is 12.6 Å². The fraction of sp³-hybridized carbons (Fsp3) is 0.393. The van der Waals surface area contributed by atoms with Crippen LogP contribution in [0.15, 0.2) is 64.8 Å². The van der Waals surface area contributed by atoms with Gasteiger partial charge in [0.2, 0.25) is 5.95 Å². The molecule has 1 aromatic carbocycles. The average Bonchev–Trinajstić information content (AvgIpc) is 3.76. The van der Waals surface area contributed by atoms with Gasteiger partial charge in [0.1, 0.15) is 5.39 Å². The molecule has 39 heavy (non-hydrogen) atoms. The minimum Gasteiger partial charge on any atom is -0.369 e. The van der Waals surface area contributed by atoms with Gasteiger partial charge in [0.25, 0.3) is 11.1 Å². The van der Waals surface area contributed by atoms with Crippen molar-refractivity contribution in [2.45, 2.75) is 45.3 Å². The normalized spacial score (nSPS) is 16.2. The topological polar surface area (TPSA) is 106 Å². The van der Waals surface area contributed by atoms with Gasteiger partial charge in [-0.25, -0.2) is 19.0 Å². The Hall–Kier alpha value is -4.25. The van der Waals surface area contributed by atoms with E-state index in [0.717, 1.165) is 37.9 Å². The predicted molar refractivity (Wildman–Crippen MR) is 152 cm³/mol. The number of allylic oxidation sites excluding steroid dienone is 1. The summed E-state index contributed by atoms with van der Waals surface area (Å²) in [5.41, 5.74) is 1.97. The minimum absolute atomic E-state index is 0.143. The van der Waals surface area contributed by atoms with Gasteiger partial charge in [0, 0.05) is 55.9 Å². The van der Waals surface area contributed by atoms with E-state index in [1.807, 2.05) is 26.0 Å². The Bertz CT molecular complexity index is 1620. The third kappa shape index (κ3) is 4.85. The molecule has 0 unspecified atom stereocenters. The van der Waals surface area contributed by atoms with Crippen molar-refractivity contribution in [2.75, 3.05) is 36.4 Å². The Morgan fingerprint density at radius 3 is 2.46 bits per heavy atom. The lowest BCUT2D eigenvalue weighted by molar-refractivity contribution is 0.248. The standard InChI is InChI=1S/C28H33N9O2/c1-4-13-35-27(39)23-18-29-28(31-26(23)37(35)24-11-12-25(38)36(32-24)19(2)3)30-20-5-7-21(8-6-20)33-14-16-34(17-15-33)22-9-10-22/h4-8,11-12,18-19,22H,1,9-10,13-17H2,2-3H3,(H,29,30,31). The molecule has 3 aromatic heterocycles. The average molecular weight is 528 g/mol. The van der Waals surface area contributed by atoms with Crippen molar-refractivity contribution in [1.82, 2.24) is 34.0 Å². The number of rotatable bonds is 8. The first-order valence-corrected chi connectivity index (χ1v) is 13.5. The number of aromatic nitrogens is 6. The molecule has 1 aliphatic heterocycles. The van der Waals surface area contributed by atoms with Crippen LogP contribution in [0.1, 0.15) is 32.7 Å². The summed E-state index contributed by atoms with van der Waals surface area (Å²) in [6.07, 6.45) is 5.86. The maximum Gasteiger partial charge on any atom is 0.278 e. The maximum absolute atomic E-state index is 13.2. The van der Waals surface area contributed by atoms with Crippen LogP contribution in [-0.2, 0) is 6.54 Å². The molecule has 11 heteroatoms. The monoisotopic (exact) mass is 527 g/mol. The van der Waals surface area contributed by atoms with Crippen LogP contribution in [0.3, 0.4) is 0 Å². The zero-order valence-electron chi connectivity index (χ0n) is 22.3. The number of nitrogens with one attached hydrogen (secondary N) is 1. The van der Waals surface area contributed by atoms with Crippen molar-refractivity contribution in [1.29, 1.82) is 0 Å². The molecule has 1 aliphatic carbocycles. The van der Waals surface area contributed by atoms with Crippen LogP contribution in [0.4, 0.5) is 17.3 Å². The lowest BCUT2D eigenvalue weighted by atomic mass is 10.2. The molecule has 0 atom stereocenters. The molecular formula is C28H33N9O2. The van der Waals surface area contributed by atoms with E-state index in [0.29, 0.717) is 22.8 Å². The molecule has 0 amide bonds. The first-order chi connectivity index (χ1) is 18.9. The SMILES string of the molecule is C=CCn1c(=O)c2cnc(Nc3ccc(N4CCN(C5CC5)CC4)cc3)nc2n1-c1ccc(=O)n(C(C)C)n1. The van der Waals surface area contributed by atoms with Crippen molar-refractivity contribution in [2.24, 2.45) is 0 Å². The summed E-state index contributed by atoms with van der Waals surface area (Å²) in [6, 6.07) is 12.0. The van der Waals surface area contributed by atoms with E-state index in [4.69, 9.17) is 4.98 Å². The Balaban J connectivity index is 1.29. The molecule has 0 bridgehead atoms. The lowest BCUT2D eigenvalue weighted by Crippen LogP contribution is -2.47. The van der Waals surface area contributed by atoms with Crippen molar-refractivity contribution in [3.8, 4) is 5.82 Å². The first kappa shape index (κ1) is 25.1. The van der Waals surface area contributed by atoms with E-state index < -0.39 is 0 Å². The van der Waals surface area contributed by atoms with Crippen LogP contribution in [-0.4, -0.2) is 66.2 Å².